The van der Waals surface area contributed by atoms with E-state index in [1.165, 1.54) is 77.0 Å². The first-order valence-electron chi connectivity index (χ1n) is 17.7. The lowest BCUT2D eigenvalue weighted by Gasteiger charge is -2.15. The molecule has 1 amide bonds. The van der Waals surface area contributed by atoms with E-state index >= 15 is 0 Å². The molecule has 0 aromatic rings. The highest BCUT2D eigenvalue weighted by molar-refractivity contribution is 7.47. The highest BCUT2D eigenvalue weighted by Crippen LogP contribution is 2.42. The maximum atomic E-state index is 12.0. The zero-order valence-corrected chi connectivity index (χ0v) is 29.0. The van der Waals surface area contributed by atoms with Crippen molar-refractivity contribution in [3.63, 3.8) is 0 Å². The van der Waals surface area contributed by atoms with Crippen molar-refractivity contribution < 1.29 is 37.9 Å². The molecule has 0 aliphatic carbocycles. The summed E-state index contributed by atoms with van der Waals surface area (Å²) in [7, 11) is -4.40. The molecule has 0 radical (unpaired) electrons. The number of unbranched alkanes of at least 4 members (excludes halogenated alkanes) is 18. The summed E-state index contributed by atoms with van der Waals surface area (Å²) in [6.07, 6.45) is 28.5. The van der Waals surface area contributed by atoms with Gasteiger partial charge in [0.15, 0.2) is 0 Å². The molecule has 0 aliphatic heterocycles. The van der Waals surface area contributed by atoms with Crippen molar-refractivity contribution in [1.82, 2.24) is 5.32 Å². The number of hydrogen-bond donors (Lipinski definition) is 3. The van der Waals surface area contributed by atoms with Crippen LogP contribution < -0.4 is 5.32 Å². The molecule has 2 unspecified atom stereocenters. The number of carbonyl (C=O) groups excluding carboxylic acids is 2. The zero-order valence-electron chi connectivity index (χ0n) is 28.1. The number of rotatable bonds is 33. The summed E-state index contributed by atoms with van der Waals surface area (Å²) in [6.45, 7) is 3.50. The molecule has 9 nitrogen and oxygen atoms in total. The molecule has 3 N–H and O–H groups in total. The first-order valence-corrected chi connectivity index (χ1v) is 19.2. The van der Waals surface area contributed by atoms with Crippen LogP contribution in [-0.4, -0.2) is 54.3 Å². The van der Waals surface area contributed by atoms with Gasteiger partial charge in [0.2, 0.25) is 5.91 Å². The van der Waals surface area contributed by atoms with E-state index in [0.29, 0.717) is 6.42 Å². The normalized spacial score (nSPS) is 13.6. The Bertz CT molecular complexity index is 749. The van der Waals surface area contributed by atoms with Crippen molar-refractivity contribution in [2.75, 3.05) is 26.4 Å². The number of carbonyl (C=O) groups is 2. The standard InChI is InChI=1S/C34H66NO8P/c1-3-5-7-9-11-13-15-16-17-19-21-23-25-27-34(38)41-30-32(36)31-43-44(39,40)42-29-28-35-33(37)26-24-22-20-18-14-12-10-8-6-4-2/h13,15,32,36H,3-12,14,16-31H2,1-2H3,(H,35,37)(H,39,40)/b15-13-. The quantitative estimate of drug-likeness (QED) is 0.0279. The Labute approximate surface area is 268 Å². The minimum Gasteiger partial charge on any atom is -0.463 e. The summed E-state index contributed by atoms with van der Waals surface area (Å²) in [5.74, 6) is -0.526. The van der Waals surface area contributed by atoms with Crippen LogP contribution in [0.4, 0.5) is 0 Å². The van der Waals surface area contributed by atoms with E-state index in [9.17, 15) is 24.2 Å². The number of esters is 1. The average Bonchev–Trinajstić information content (AvgIpc) is 3.00. The summed E-state index contributed by atoms with van der Waals surface area (Å²) in [5, 5.41) is 12.6. The molecule has 0 rings (SSSR count). The molecule has 0 aromatic heterocycles. The molecular weight excluding hydrogens is 581 g/mol. The van der Waals surface area contributed by atoms with E-state index in [0.717, 1.165) is 57.8 Å². The van der Waals surface area contributed by atoms with Crippen molar-refractivity contribution in [3.05, 3.63) is 12.2 Å². The summed E-state index contributed by atoms with van der Waals surface area (Å²) in [4.78, 5) is 33.6. The number of phosphoric ester groups is 1. The van der Waals surface area contributed by atoms with E-state index in [4.69, 9.17) is 13.8 Å². The molecule has 0 heterocycles. The van der Waals surface area contributed by atoms with Gasteiger partial charge >= 0.3 is 13.8 Å². The van der Waals surface area contributed by atoms with Crippen LogP contribution in [0, 0.1) is 0 Å². The van der Waals surface area contributed by atoms with Gasteiger partial charge in [-0.15, -0.1) is 0 Å². The summed E-state index contributed by atoms with van der Waals surface area (Å²) >= 11 is 0. The molecule has 0 bridgehead atoms. The van der Waals surface area contributed by atoms with Crippen LogP contribution in [-0.2, 0) is 27.9 Å². The largest absolute Gasteiger partial charge is 0.472 e. The first-order chi connectivity index (χ1) is 21.3. The van der Waals surface area contributed by atoms with Crippen LogP contribution in [0.2, 0.25) is 0 Å². The number of hydrogen-bond acceptors (Lipinski definition) is 7. The molecule has 44 heavy (non-hydrogen) atoms. The van der Waals surface area contributed by atoms with Crippen LogP contribution in [0.15, 0.2) is 12.2 Å². The van der Waals surface area contributed by atoms with E-state index < -0.39 is 26.5 Å². The number of nitrogens with one attached hydrogen (secondary N) is 1. The highest BCUT2D eigenvalue weighted by atomic mass is 31.2. The fourth-order valence-corrected chi connectivity index (χ4v) is 5.48. The fourth-order valence-electron chi connectivity index (χ4n) is 4.73. The Hall–Kier alpha value is -1.25. The number of ether oxygens (including phenoxy) is 1. The molecule has 0 spiro atoms. The van der Waals surface area contributed by atoms with Crippen molar-refractivity contribution >= 4 is 19.7 Å². The van der Waals surface area contributed by atoms with Gasteiger partial charge in [-0.3, -0.25) is 18.6 Å². The number of aliphatic hydroxyl groups is 1. The molecule has 10 heteroatoms. The smallest absolute Gasteiger partial charge is 0.463 e. The summed E-state index contributed by atoms with van der Waals surface area (Å²) < 4.78 is 26.7. The van der Waals surface area contributed by atoms with Crippen molar-refractivity contribution in [3.8, 4) is 0 Å². The van der Waals surface area contributed by atoms with Gasteiger partial charge in [-0.25, -0.2) is 4.57 Å². The van der Waals surface area contributed by atoms with E-state index in [-0.39, 0.29) is 32.1 Å². The highest BCUT2D eigenvalue weighted by Gasteiger charge is 2.23. The molecule has 0 saturated heterocycles. The van der Waals surface area contributed by atoms with E-state index in [2.05, 4.69) is 31.3 Å². The van der Waals surface area contributed by atoms with Crippen molar-refractivity contribution in [1.29, 1.82) is 0 Å². The van der Waals surface area contributed by atoms with Gasteiger partial charge in [0.1, 0.15) is 12.7 Å². The van der Waals surface area contributed by atoms with Crippen molar-refractivity contribution in [2.24, 2.45) is 0 Å². The average molecular weight is 648 g/mol. The fraction of sp³-hybridized carbons (Fsp3) is 0.882. The molecule has 260 valence electrons. The third kappa shape index (κ3) is 32.2. The van der Waals surface area contributed by atoms with Crippen LogP contribution >= 0.6 is 7.82 Å². The van der Waals surface area contributed by atoms with E-state index in [1.807, 2.05) is 0 Å². The second kappa shape index (κ2) is 31.7. The van der Waals surface area contributed by atoms with Gasteiger partial charge in [-0.05, 0) is 38.5 Å². The van der Waals surface area contributed by atoms with Gasteiger partial charge in [0.25, 0.3) is 0 Å². The Balaban J connectivity index is 3.65. The lowest BCUT2D eigenvalue weighted by Crippen LogP contribution is -2.27. The zero-order chi connectivity index (χ0) is 32.6. The third-order valence-corrected chi connectivity index (χ3v) is 8.43. The van der Waals surface area contributed by atoms with Crippen LogP contribution in [0.1, 0.15) is 162 Å². The third-order valence-electron chi connectivity index (χ3n) is 7.45. The van der Waals surface area contributed by atoms with Crippen LogP contribution in [0.25, 0.3) is 0 Å². The molecule has 0 aromatic carbocycles. The second-order valence-corrected chi connectivity index (χ2v) is 13.3. The number of phosphoric acid groups is 1. The second-order valence-electron chi connectivity index (χ2n) is 11.8. The van der Waals surface area contributed by atoms with Gasteiger partial charge in [0.05, 0.1) is 13.2 Å². The van der Waals surface area contributed by atoms with Crippen molar-refractivity contribution in [2.45, 2.75) is 168 Å². The molecule has 0 fully saturated rings. The first kappa shape index (κ1) is 42.8. The molecule has 2 atom stereocenters. The number of amides is 1. The van der Waals surface area contributed by atoms with Gasteiger partial charge in [0, 0.05) is 19.4 Å². The van der Waals surface area contributed by atoms with E-state index in [1.54, 1.807) is 0 Å². The lowest BCUT2D eigenvalue weighted by atomic mass is 10.1. The minimum absolute atomic E-state index is 0.0842. The maximum Gasteiger partial charge on any atom is 0.472 e. The number of aliphatic hydroxyl groups excluding tert-OH is 1. The predicted octanol–water partition coefficient (Wildman–Crippen LogP) is 8.71. The van der Waals surface area contributed by atoms with Gasteiger partial charge in [-0.2, -0.15) is 0 Å². The maximum absolute atomic E-state index is 12.0. The SMILES string of the molecule is CCCCCC/C=C\CCCCCCCC(=O)OCC(O)COP(=O)(O)OCCNC(=O)CCCCCCCCCCCC. The summed E-state index contributed by atoms with van der Waals surface area (Å²) in [5.41, 5.74) is 0. The predicted molar refractivity (Wildman–Crippen MR) is 178 cm³/mol. The topological polar surface area (TPSA) is 131 Å². The number of allylic oxidation sites excluding steroid dienone is 2. The Morgan fingerprint density at radius 1 is 0.682 bits per heavy atom. The Morgan fingerprint density at radius 2 is 1.16 bits per heavy atom. The van der Waals surface area contributed by atoms with Gasteiger partial charge < -0.3 is 20.1 Å². The lowest BCUT2D eigenvalue weighted by molar-refractivity contribution is -0.147. The Kier molecular flexibility index (Phi) is 30.8. The molecular formula is C34H66NO8P. The van der Waals surface area contributed by atoms with Crippen LogP contribution in [0.5, 0.6) is 0 Å². The molecule has 0 saturated carbocycles. The van der Waals surface area contributed by atoms with Crippen LogP contribution in [0.3, 0.4) is 0 Å². The van der Waals surface area contributed by atoms with Gasteiger partial charge in [-0.1, -0.05) is 122 Å². The monoisotopic (exact) mass is 647 g/mol. The summed E-state index contributed by atoms with van der Waals surface area (Å²) in [6, 6.07) is 0. The Morgan fingerprint density at radius 3 is 1.73 bits per heavy atom. The minimum atomic E-state index is -4.40. The molecule has 0 aliphatic rings.